The number of ether oxygens (including phenoxy) is 1. The lowest BCUT2D eigenvalue weighted by Gasteiger charge is -2.31. The molecule has 1 aliphatic heterocycles. The molecular weight excluding hydrogens is 670 g/mol. The number of fused-ring (bicyclic) bond motifs is 2. The molecule has 5 aromatic rings. The minimum atomic E-state index is -4.19. The van der Waals surface area contributed by atoms with E-state index in [4.69, 9.17) is 10.5 Å². The average molecular weight is 705 g/mol. The maximum atomic E-state index is 14.8. The fourth-order valence-electron chi connectivity index (χ4n) is 5.80. The summed E-state index contributed by atoms with van der Waals surface area (Å²) in [7, 11) is 0.912. The highest BCUT2D eigenvalue weighted by Crippen LogP contribution is 2.39. The van der Waals surface area contributed by atoms with Crippen molar-refractivity contribution in [2.75, 3.05) is 49.8 Å². The molecule has 6 rings (SSSR count). The van der Waals surface area contributed by atoms with Crippen molar-refractivity contribution in [1.82, 2.24) is 18.8 Å². The van der Waals surface area contributed by atoms with Crippen LogP contribution >= 0.6 is 0 Å². The number of carbonyl (C=O) groups is 2. The van der Waals surface area contributed by atoms with Gasteiger partial charge in [0.1, 0.15) is 17.1 Å². The first kappa shape index (κ1) is 34.3. The number of anilines is 5. The van der Waals surface area contributed by atoms with Crippen LogP contribution in [-0.4, -0.2) is 73.4 Å². The second-order valence-electron chi connectivity index (χ2n) is 12.0. The van der Waals surface area contributed by atoms with Crippen LogP contribution in [0, 0.1) is 18.6 Å². The zero-order valence-corrected chi connectivity index (χ0v) is 28.4. The first-order chi connectivity index (χ1) is 23.8. The van der Waals surface area contributed by atoms with Gasteiger partial charge in [0.2, 0.25) is 11.9 Å². The minimum Gasteiger partial charge on any atom is -0.495 e. The summed E-state index contributed by atoms with van der Waals surface area (Å²) in [5.41, 5.74) is 7.17. The fraction of sp³-hybridized carbons (Fsp3) is 0.235. The Morgan fingerprint density at radius 1 is 1.02 bits per heavy atom. The van der Waals surface area contributed by atoms with Crippen LogP contribution in [-0.2, 0) is 21.2 Å². The normalized spacial score (nSPS) is 13.0. The van der Waals surface area contributed by atoms with Crippen molar-refractivity contribution in [3.8, 4) is 5.75 Å². The van der Waals surface area contributed by atoms with Gasteiger partial charge < -0.3 is 30.9 Å². The van der Waals surface area contributed by atoms with Gasteiger partial charge in [-0.1, -0.05) is 17.7 Å². The van der Waals surface area contributed by atoms with Gasteiger partial charge in [-0.25, -0.2) is 21.2 Å². The highest BCUT2D eigenvalue weighted by Gasteiger charge is 2.27. The summed E-state index contributed by atoms with van der Waals surface area (Å²) in [5, 5.41) is 6.09. The van der Waals surface area contributed by atoms with Gasteiger partial charge in [-0.05, 0) is 81.9 Å². The smallest absolute Gasteiger partial charge is 0.269 e. The fourth-order valence-corrected chi connectivity index (χ4v) is 7.09. The quantitative estimate of drug-likeness (QED) is 0.186. The number of aryl methyl sites for hydroxylation is 2. The zero-order chi connectivity index (χ0) is 35.9. The van der Waals surface area contributed by atoms with Crippen LogP contribution in [0.2, 0.25) is 0 Å². The van der Waals surface area contributed by atoms with E-state index in [1.165, 1.54) is 31.5 Å². The summed E-state index contributed by atoms with van der Waals surface area (Å²) in [6, 6.07) is 13.2. The number of benzene rings is 3. The highest BCUT2D eigenvalue weighted by molar-refractivity contribution is 7.90. The molecule has 0 saturated heterocycles. The van der Waals surface area contributed by atoms with Gasteiger partial charge in [0.25, 0.3) is 15.9 Å². The van der Waals surface area contributed by atoms with Gasteiger partial charge in [-0.2, -0.15) is 9.97 Å². The number of halogens is 2. The molecule has 0 fully saturated rings. The number of nitrogens with one attached hydrogen (secondary N) is 2. The molecule has 16 heteroatoms. The number of methoxy groups -OCH3 is 1. The minimum absolute atomic E-state index is 0.00121. The van der Waals surface area contributed by atoms with E-state index in [1.54, 1.807) is 28.0 Å². The van der Waals surface area contributed by atoms with Gasteiger partial charge in [-0.3, -0.25) is 9.59 Å². The summed E-state index contributed by atoms with van der Waals surface area (Å²) in [5.74, 6) is -3.84. The number of carbonyl (C=O) groups excluding carboxylic acids is 2. The Bertz CT molecular complexity index is 2260. The number of rotatable bonds is 10. The van der Waals surface area contributed by atoms with Gasteiger partial charge in [0.05, 0.1) is 35.3 Å². The molecule has 3 heterocycles. The molecule has 0 unspecified atom stereocenters. The molecule has 50 heavy (non-hydrogen) atoms. The molecule has 0 atom stereocenters. The predicted molar refractivity (Wildman–Crippen MR) is 185 cm³/mol. The molecule has 2 amide bonds. The van der Waals surface area contributed by atoms with E-state index in [0.29, 0.717) is 23.7 Å². The van der Waals surface area contributed by atoms with Crippen LogP contribution in [0.3, 0.4) is 0 Å². The molecule has 0 aliphatic carbocycles. The van der Waals surface area contributed by atoms with E-state index in [2.05, 4.69) is 20.6 Å². The van der Waals surface area contributed by atoms with Crippen molar-refractivity contribution in [3.05, 3.63) is 89.1 Å². The molecule has 3 aromatic carbocycles. The molecule has 0 bridgehead atoms. The Morgan fingerprint density at radius 3 is 2.44 bits per heavy atom. The van der Waals surface area contributed by atoms with Crippen molar-refractivity contribution in [2.45, 2.75) is 24.7 Å². The summed E-state index contributed by atoms with van der Waals surface area (Å²) < 4.78 is 63.3. The molecule has 13 nitrogen and oxygen atoms in total. The molecule has 260 valence electrons. The van der Waals surface area contributed by atoms with E-state index in [-0.39, 0.29) is 45.8 Å². The summed E-state index contributed by atoms with van der Waals surface area (Å²) in [6.45, 7) is 2.55. The van der Waals surface area contributed by atoms with Crippen LogP contribution in [0.4, 0.5) is 37.6 Å². The van der Waals surface area contributed by atoms with E-state index in [9.17, 15) is 26.8 Å². The molecule has 0 spiro atoms. The molecular formula is C34H34F2N8O5S. The monoisotopic (exact) mass is 704 g/mol. The van der Waals surface area contributed by atoms with Gasteiger partial charge in [0, 0.05) is 18.4 Å². The summed E-state index contributed by atoms with van der Waals surface area (Å²) in [4.78, 5) is 38.0. The Labute approximate surface area is 286 Å². The van der Waals surface area contributed by atoms with E-state index in [1.807, 2.05) is 27.1 Å². The number of hydrogen-bond donors (Lipinski definition) is 3. The van der Waals surface area contributed by atoms with E-state index < -0.39 is 33.1 Å². The third-order valence-electron chi connectivity index (χ3n) is 8.20. The number of nitrogens with two attached hydrogens (primary N) is 1. The van der Waals surface area contributed by atoms with Crippen LogP contribution in [0.25, 0.3) is 11.0 Å². The Hall–Kier alpha value is -5.61. The summed E-state index contributed by atoms with van der Waals surface area (Å²) in [6.07, 6.45) is 2.77. The second kappa shape index (κ2) is 13.4. The topological polar surface area (TPSA) is 165 Å². The molecule has 4 N–H and O–H groups in total. The first-order valence-electron chi connectivity index (χ1n) is 15.5. The number of hydrogen-bond acceptors (Lipinski definition) is 10. The molecule has 2 aromatic heterocycles. The van der Waals surface area contributed by atoms with E-state index in [0.717, 1.165) is 40.1 Å². The largest absolute Gasteiger partial charge is 0.495 e. The number of aromatic nitrogens is 3. The predicted octanol–water partition coefficient (Wildman–Crippen LogP) is 4.69. The Kier molecular flexibility index (Phi) is 9.16. The van der Waals surface area contributed by atoms with Gasteiger partial charge in [-0.15, -0.1) is 0 Å². The standard InChI is InChI=1S/C34H34F2N8O5S/c1-19-7-9-21(10-8-19)50(47,48)44-15-13-22-32(38-24-12-11-23(35)30(36)29(24)31(37)46)40-34(41-33(22)44)39-25-17-26-20(16-27(25)49-4)6-5-14-43(26)28(45)18-42(2)3/h7-13,15-17H,5-6,14,18H2,1-4H3,(H2,37,46)(H2,38,39,40,41). The number of amides is 2. The van der Waals surface area contributed by atoms with Crippen LogP contribution < -0.4 is 26.0 Å². The highest BCUT2D eigenvalue weighted by atomic mass is 32.2. The third kappa shape index (κ3) is 6.42. The average Bonchev–Trinajstić information content (AvgIpc) is 3.51. The van der Waals surface area contributed by atoms with Gasteiger partial charge >= 0.3 is 0 Å². The zero-order valence-electron chi connectivity index (χ0n) is 27.6. The number of primary amides is 1. The van der Waals surface area contributed by atoms with Crippen LogP contribution in [0.1, 0.15) is 27.9 Å². The second-order valence-corrected chi connectivity index (χ2v) is 13.8. The SMILES string of the molecule is COc1cc2c(cc1Nc1nc(Nc3ccc(F)c(F)c3C(N)=O)c3ccn(S(=O)(=O)c4ccc(C)cc4)c3n1)N(C(=O)CN(C)C)CCC2. The number of likely N-dealkylation sites (N-methyl/N-ethyl adjacent to an activating group) is 1. The van der Waals surface area contributed by atoms with Gasteiger partial charge in [0.15, 0.2) is 17.3 Å². The maximum Gasteiger partial charge on any atom is 0.269 e. The van der Waals surface area contributed by atoms with Crippen LogP contribution in [0.5, 0.6) is 5.75 Å². The molecule has 1 aliphatic rings. The lowest BCUT2D eigenvalue weighted by atomic mass is 10.00. The summed E-state index contributed by atoms with van der Waals surface area (Å²) >= 11 is 0. The van der Waals surface area contributed by atoms with Crippen molar-refractivity contribution in [1.29, 1.82) is 0 Å². The number of nitrogens with zero attached hydrogens (tertiary/aromatic N) is 5. The Morgan fingerprint density at radius 2 is 1.76 bits per heavy atom. The Balaban J connectivity index is 1.51. The van der Waals surface area contributed by atoms with Crippen molar-refractivity contribution in [3.63, 3.8) is 0 Å². The maximum absolute atomic E-state index is 14.8. The third-order valence-corrected chi connectivity index (χ3v) is 9.88. The van der Waals surface area contributed by atoms with Crippen LogP contribution in [0.15, 0.2) is 65.7 Å². The first-order valence-corrected chi connectivity index (χ1v) is 16.9. The molecule has 0 saturated carbocycles. The van der Waals surface area contributed by atoms with Crippen molar-refractivity contribution < 1.29 is 31.5 Å². The van der Waals surface area contributed by atoms with Crippen molar-refractivity contribution >= 4 is 61.7 Å². The lowest BCUT2D eigenvalue weighted by Crippen LogP contribution is -2.40. The van der Waals surface area contributed by atoms with Crippen molar-refractivity contribution in [2.24, 2.45) is 5.73 Å². The lowest BCUT2D eigenvalue weighted by molar-refractivity contribution is -0.119. The van der Waals surface area contributed by atoms with E-state index >= 15 is 0 Å². The molecule has 0 radical (unpaired) electrons.